The van der Waals surface area contributed by atoms with Crippen molar-refractivity contribution in [3.05, 3.63) is 78.0 Å². The molecule has 3 aromatic carbocycles. The smallest absolute Gasteiger partial charge is 0.0880 e. The van der Waals surface area contributed by atoms with Crippen LogP contribution in [0, 0.1) is 5.41 Å². The van der Waals surface area contributed by atoms with E-state index in [0.29, 0.717) is 17.3 Å². The molecule has 0 radical (unpaired) electrons. The average Bonchev–Trinajstić information content (AvgIpc) is 3.21. The van der Waals surface area contributed by atoms with Gasteiger partial charge in [-0.3, -0.25) is 4.98 Å². The zero-order valence-electron chi connectivity index (χ0n) is 20.7. The van der Waals surface area contributed by atoms with Crippen molar-refractivity contribution < 1.29 is 0 Å². The molecule has 5 aromatic rings. The summed E-state index contributed by atoms with van der Waals surface area (Å²) in [4.78, 5) is 4.92. The van der Waals surface area contributed by atoms with Crippen LogP contribution in [0.4, 0.5) is 0 Å². The van der Waals surface area contributed by atoms with Crippen LogP contribution >= 0.6 is 11.3 Å². The lowest BCUT2D eigenvalue weighted by Gasteiger charge is -2.34. The number of pyridine rings is 1. The van der Waals surface area contributed by atoms with Gasteiger partial charge in [-0.15, -0.1) is 11.3 Å². The van der Waals surface area contributed by atoms with Crippen LogP contribution in [0.5, 0.6) is 0 Å². The molecule has 1 aliphatic rings. The number of hydrogen-bond acceptors (Lipinski definition) is 2. The topological polar surface area (TPSA) is 12.9 Å². The molecule has 0 unspecified atom stereocenters. The Bertz CT molecular complexity index is 1510. The molecule has 0 bridgehead atoms. The highest BCUT2D eigenvalue weighted by molar-refractivity contribution is 7.26. The van der Waals surface area contributed by atoms with E-state index < -0.39 is 0 Å². The monoisotopic (exact) mass is 463 g/mol. The summed E-state index contributed by atoms with van der Waals surface area (Å²) in [5.74, 6) is 1.17. The summed E-state index contributed by atoms with van der Waals surface area (Å²) in [6.45, 7) is 9.41. The van der Waals surface area contributed by atoms with Crippen LogP contribution < -0.4 is 0 Å². The first-order valence-electron chi connectivity index (χ1n) is 12.7. The van der Waals surface area contributed by atoms with Gasteiger partial charge in [0, 0.05) is 27.2 Å². The van der Waals surface area contributed by atoms with E-state index in [1.165, 1.54) is 73.3 Å². The van der Waals surface area contributed by atoms with Gasteiger partial charge in [0.1, 0.15) is 0 Å². The summed E-state index contributed by atoms with van der Waals surface area (Å²) < 4.78 is 2.71. The van der Waals surface area contributed by atoms with Crippen LogP contribution in [0.1, 0.15) is 76.3 Å². The Morgan fingerprint density at radius 2 is 1.68 bits per heavy atom. The zero-order chi connectivity index (χ0) is 23.4. The van der Waals surface area contributed by atoms with Gasteiger partial charge in [-0.05, 0) is 89.1 Å². The molecule has 172 valence electrons. The molecular formula is C32H33NS. The summed E-state index contributed by atoms with van der Waals surface area (Å²) in [6, 6.07) is 22.9. The molecular weight excluding hydrogens is 430 g/mol. The molecule has 1 fully saturated rings. The second-order valence-corrected chi connectivity index (χ2v) is 12.3. The summed E-state index contributed by atoms with van der Waals surface area (Å²) in [5.41, 5.74) is 5.78. The first-order chi connectivity index (χ1) is 16.4. The van der Waals surface area contributed by atoms with E-state index in [0.717, 1.165) is 5.69 Å². The van der Waals surface area contributed by atoms with E-state index in [9.17, 15) is 0 Å². The van der Waals surface area contributed by atoms with Gasteiger partial charge in [0.25, 0.3) is 0 Å². The number of nitrogens with zero attached hydrogens (tertiary/aromatic N) is 1. The summed E-state index contributed by atoms with van der Waals surface area (Å²) in [5, 5.41) is 5.35. The third-order valence-corrected chi connectivity index (χ3v) is 9.19. The van der Waals surface area contributed by atoms with E-state index in [-0.39, 0.29) is 0 Å². The Kier molecular flexibility index (Phi) is 5.26. The number of rotatable bonds is 3. The summed E-state index contributed by atoms with van der Waals surface area (Å²) >= 11 is 1.92. The highest BCUT2D eigenvalue weighted by Gasteiger charge is 2.28. The molecule has 1 aliphatic carbocycles. The molecule has 2 heterocycles. The molecule has 6 rings (SSSR count). The molecule has 2 aromatic heterocycles. The van der Waals surface area contributed by atoms with Crippen molar-refractivity contribution in [3.63, 3.8) is 0 Å². The average molecular weight is 464 g/mol. The molecule has 2 heteroatoms. The lowest BCUT2D eigenvalue weighted by molar-refractivity contribution is 0.224. The Labute approximate surface area is 206 Å². The van der Waals surface area contributed by atoms with Gasteiger partial charge in [0.15, 0.2) is 0 Å². The quantitative estimate of drug-likeness (QED) is 0.259. The number of hydrogen-bond donors (Lipinski definition) is 0. The highest BCUT2D eigenvalue weighted by Crippen LogP contribution is 2.45. The van der Waals surface area contributed by atoms with E-state index in [4.69, 9.17) is 4.98 Å². The molecule has 0 spiro atoms. The lowest BCUT2D eigenvalue weighted by Crippen LogP contribution is -2.20. The fourth-order valence-electron chi connectivity index (χ4n) is 5.87. The first-order valence-corrected chi connectivity index (χ1v) is 13.6. The van der Waals surface area contributed by atoms with Crippen LogP contribution in [0.3, 0.4) is 0 Å². The fourth-order valence-corrected chi connectivity index (χ4v) is 7.12. The minimum absolute atomic E-state index is 0.467. The molecule has 0 N–H and O–H groups in total. The van der Waals surface area contributed by atoms with Gasteiger partial charge in [-0.2, -0.15) is 0 Å². The van der Waals surface area contributed by atoms with Crippen molar-refractivity contribution in [3.8, 4) is 11.3 Å². The predicted octanol–water partition coefficient (Wildman–Crippen LogP) is 10.1. The number of benzene rings is 3. The van der Waals surface area contributed by atoms with Crippen molar-refractivity contribution in [1.82, 2.24) is 4.98 Å². The maximum Gasteiger partial charge on any atom is 0.0880 e. The molecule has 1 saturated carbocycles. The van der Waals surface area contributed by atoms with Crippen molar-refractivity contribution in [1.29, 1.82) is 0 Å². The van der Waals surface area contributed by atoms with Crippen molar-refractivity contribution in [2.45, 2.75) is 65.2 Å². The van der Waals surface area contributed by atoms with E-state index >= 15 is 0 Å². The largest absolute Gasteiger partial charge is 0.255 e. The van der Waals surface area contributed by atoms with Gasteiger partial charge in [0.2, 0.25) is 0 Å². The van der Waals surface area contributed by atoms with Gasteiger partial charge in [-0.25, -0.2) is 0 Å². The Hall–Kier alpha value is -2.71. The molecule has 1 nitrogen and oxygen atoms in total. The van der Waals surface area contributed by atoms with Crippen LogP contribution in [-0.2, 0) is 0 Å². The number of fused-ring (bicyclic) bond motifs is 4. The van der Waals surface area contributed by atoms with Crippen LogP contribution in [-0.4, -0.2) is 4.98 Å². The molecule has 34 heavy (non-hydrogen) atoms. The Morgan fingerprint density at radius 3 is 2.47 bits per heavy atom. The standard InChI is InChI=1S/C32H33NS/c1-20(2)28-18-24(17-23-7-5-6-8-25(23)28)30-31-27(13-16-33-30)26-10-9-22(19-29(26)34-31)21-11-14-32(3,4)15-12-21/h5-10,13,16-21H,11-12,14-15H2,1-4H3. The maximum atomic E-state index is 4.92. The van der Waals surface area contributed by atoms with Crippen molar-refractivity contribution in [2.24, 2.45) is 5.41 Å². The first kappa shape index (κ1) is 21.8. The Balaban J connectivity index is 1.48. The summed E-state index contributed by atoms with van der Waals surface area (Å²) in [7, 11) is 0. The second kappa shape index (κ2) is 8.20. The number of thiophene rings is 1. The SMILES string of the molecule is CC(C)c1cc(-c2nccc3c2sc2cc(C4CCC(C)(C)CC4)ccc23)cc2ccccc12. The van der Waals surface area contributed by atoms with Crippen molar-refractivity contribution >= 4 is 42.3 Å². The molecule has 0 atom stereocenters. The molecule has 0 aliphatic heterocycles. The third-order valence-electron chi connectivity index (χ3n) is 8.01. The lowest BCUT2D eigenvalue weighted by atomic mass is 9.71. The van der Waals surface area contributed by atoms with E-state index in [1.807, 2.05) is 17.5 Å². The normalized spacial score (nSPS) is 16.7. The van der Waals surface area contributed by atoms with Gasteiger partial charge < -0.3 is 0 Å². The van der Waals surface area contributed by atoms with Crippen LogP contribution in [0.2, 0.25) is 0 Å². The van der Waals surface area contributed by atoms with E-state index in [2.05, 4.69) is 88.4 Å². The van der Waals surface area contributed by atoms with Crippen molar-refractivity contribution in [2.75, 3.05) is 0 Å². The van der Waals surface area contributed by atoms with E-state index in [1.54, 1.807) is 0 Å². The van der Waals surface area contributed by atoms with Gasteiger partial charge in [-0.1, -0.05) is 64.1 Å². The van der Waals surface area contributed by atoms with Gasteiger partial charge >= 0.3 is 0 Å². The number of aromatic nitrogens is 1. The fraction of sp³-hybridized carbons (Fsp3) is 0.344. The minimum atomic E-state index is 0.467. The van der Waals surface area contributed by atoms with Gasteiger partial charge in [0.05, 0.1) is 10.4 Å². The van der Waals surface area contributed by atoms with Crippen LogP contribution in [0.15, 0.2) is 66.9 Å². The minimum Gasteiger partial charge on any atom is -0.255 e. The zero-order valence-corrected chi connectivity index (χ0v) is 21.5. The highest BCUT2D eigenvalue weighted by atomic mass is 32.1. The predicted molar refractivity (Wildman–Crippen MR) is 149 cm³/mol. The Morgan fingerprint density at radius 1 is 0.882 bits per heavy atom. The van der Waals surface area contributed by atoms with Crippen LogP contribution in [0.25, 0.3) is 42.2 Å². The third kappa shape index (κ3) is 3.73. The molecule has 0 saturated heterocycles. The maximum absolute atomic E-state index is 4.92. The second-order valence-electron chi connectivity index (χ2n) is 11.3. The summed E-state index contributed by atoms with van der Waals surface area (Å²) in [6.07, 6.45) is 7.27. The molecule has 0 amide bonds.